The van der Waals surface area contributed by atoms with Crippen LogP contribution in [0.15, 0.2) is 30.5 Å². The Morgan fingerprint density at radius 2 is 2.21 bits per heavy atom. The fourth-order valence-corrected chi connectivity index (χ4v) is 3.55. The van der Waals surface area contributed by atoms with Crippen molar-refractivity contribution < 1.29 is 9.53 Å². The van der Waals surface area contributed by atoms with E-state index < -0.39 is 0 Å². The van der Waals surface area contributed by atoms with E-state index in [4.69, 9.17) is 4.74 Å². The highest BCUT2D eigenvalue weighted by atomic mass is 16.5. The van der Waals surface area contributed by atoms with E-state index in [1.54, 1.807) is 13.2 Å². The highest BCUT2D eigenvalue weighted by Crippen LogP contribution is 2.30. The average molecular weight is 327 g/mol. The summed E-state index contributed by atoms with van der Waals surface area (Å²) in [5, 5.41) is 10.9. The number of fused-ring (bicyclic) bond motifs is 3. The SMILES string of the molecule is CNC(=O)c1ccc(CN2CC[C@H]3OCc4cnnn4[C@H]3C2)cc1. The van der Waals surface area contributed by atoms with Gasteiger partial charge < -0.3 is 10.1 Å². The van der Waals surface area contributed by atoms with Crippen molar-refractivity contribution in [1.29, 1.82) is 0 Å². The molecule has 2 aliphatic rings. The Bertz CT molecular complexity index is 727. The van der Waals surface area contributed by atoms with Crippen molar-refractivity contribution in [2.24, 2.45) is 0 Å². The predicted octanol–water partition coefficient (Wildman–Crippen LogP) is 0.983. The summed E-state index contributed by atoms with van der Waals surface area (Å²) in [6, 6.07) is 8.03. The predicted molar refractivity (Wildman–Crippen MR) is 87.4 cm³/mol. The van der Waals surface area contributed by atoms with Crippen molar-refractivity contribution >= 4 is 5.91 Å². The second kappa shape index (κ2) is 6.33. The second-order valence-electron chi connectivity index (χ2n) is 6.39. The molecule has 0 aliphatic carbocycles. The molecule has 2 atom stereocenters. The molecule has 2 aliphatic heterocycles. The molecule has 0 radical (unpaired) electrons. The molecular weight excluding hydrogens is 306 g/mol. The number of hydrogen-bond acceptors (Lipinski definition) is 5. The summed E-state index contributed by atoms with van der Waals surface area (Å²) < 4.78 is 7.97. The van der Waals surface area contributed by atoms with Crippen molar-refractivity contribution in [3.05, 3.63) is 47.3 Å². The van der Waals surface area contributed by atoms with E-state index in [9.17, 15) is 4.79 Å². The largest absolute Gasteiger partial charge is 0.370 e. The summed E-state index contributed by atoms with van der Waals surface area (Å²) in [5.41, 5.74) is 2.94. The van der Waals surface area contributed by atoms with Gasteiger partial charge in [-0.25, -0.2) is 4.68 Å². The third-order valence-corrected chi connectivity index (χ3v) is 4.86. The summed E-state index contributed by atoms with van der Waals surface area (Å²) in [6.07, 6.45) is 3.01. The number of hydrogen-bond donors (Lipinski definition) is 1. The van der Waals surface area contributed by atoms with Crippen LogP contribution >= 0.6 is 0 Å². The topological polar surface area (TPSA) is 72.3 Å². The van der Waals surface area contributed by atoms with E-state index in [2.05, 4.69) is 20.5 Å². The van der Waals surface area contributed by atoms with E-state index in [0.29, 0.717) is 12.2 Å². The summed E-state index contributed by atoms with van der Waals surface area (Å²) in [4.78, 5) is 14.0. The highest BCUT2D eigenvalue weighted by molar-refractivity contribution is 5.93. The number of nitrogens with one attached hydrogen (secondary N) is 1. The number of nitrogens with zero attached hydrogens (tertiary/aromatic N) is 4. The van der Waals surface area contributed by atoms with E-state index in [1.807, 2.05) is 28.9 Å². The third-order valence-electron chi connectivity index (χ3n) is 4.86. The van der Waals surface area contributed by atoms with Crippen LogP contribution in [0.1, 0.15) is 34.1 Å². The average Bonchev–Trinajstić information content (AvgIpc) is 3.11. The zero-order valence-corrected chi connectivity index (χ0v) is 13.7. The number of aromatic nitrogens is 3. The van der Waals surface area contributed by atoms with Crippen LogP contribution in [0.25, 0.3) is 0 Å². The molecule has 2 aromatic rings. The first-order valence-corrected chi connectivity index (χ1v) is 8.28. The van der Waals surface area contributed by atoms with Crippen LogP contribution in [-0.4, -0.2) is 52.0 Å². The van der Waals surface area contributed by atoms with Gasteiger partial charge in [0.05, 0.1) is 30.6 Å². The van der Waals surface area contributed by atoms with Gasteiger partial charge in [0.1, 0.15) is 0 Å². The summed E-state index contributed by atoms with van der Waals surface area (Å²) in [6.45, 7) is 3.37. The van der Waals surface area contributed by atoms with Crippen molar-refractivity contribution in [3.8, 4) is 0 Å². The lowest BCUT2D eigenvalue weighted by atomic mass is 9.99. The Kier molecular flexibility index (Phi) is 4.03. The number of benzene rings is 1. The first kappa shape index (κ1) is 15.3. The number of piperidine rings is 1. The molecule has 1 amide bonds. The van der Waals surface area contributed by atoms with E-state index >= 15 is 0 Å². The van der Waals surface area contributed by atoms with Crippen molar-refractivity contribution in [2.75, 3.05) is 20.1 Å². The number of ether oxygens (including phenoxy) is 1. The summed E-state index contributed by atoms with van der Waals surface area (Å²) in [5.74, 6) is -0.0552. The molecule has 1 fully saturated rings. The smallest absolute Gasteiger partial charge is 0.251 e. The molecule has 126 valence electrons. The molecule has 3 heterocycles. The second-order valence-corrected chi connectivity index (χ2v) is 6.39. The Morgan fingerprint density at radius 1 is 1.38 bits per heavy atom. The molecule has 0 saturated carbocycles. The van der Waals surface area contributed by atoms with Crippen molar-refractivity contribution in [2.45, 2.75) is 31.7 Å². The molecular formula is C17H21N5O2. The molecule has 0 spiro atoms. The highest BCUT2D eigenvalue weighted by Gasteiger charge is 2.36. The Balaban J connectivity index is 1.44. The molecule has 0 unspecified atom stereocenters. The fourth-order valence-electron chi connectivity index (χ4n) is 3.55. The van der Waals surface area contributed by atoms with Gasteiger partial charge in [-0.05, 0) is 24.1 Å². The minimum Gasteiger partial charge on any atom is -0.370 e. The molecule has 1 N–H and O–H groups in total. The van der Waals surface area contributed by atoms with E-state index in [0.717, 1.165) is 31.7 Å². The van der Waals surface area contributed by atoms with Crippen LogP contribution < -0.4 is 5.32 Å². The van der Waals surface area contributed by atoms with Crippen molar-refractivity contribution in [3.63, 3.8) is 0 Å². The lowest BCUT2D eigenvalue weighted by Gasteiger charge is -2.41. The lowest BCUT2D eigenvalue weighted by Crippen LogP contribution is -2.47. The van der Waals surface area contributed by atoms with Crippen molar-refractivity contribution in [1.82, 2.24) is 25.2 Å². The van der Waals surface area contributed by atoms with Crippen LogP contribution in [0.3, 0.4) is 0 Å². The van der Waals surface area contributed by atoms with Gasteiger partial charge in [0.2, 0.25) is 0 Å². The van der Waals surface area contributed by atoms with Gasteiger partial charge in [0.25, 0.3) is 5.91 Å². The van der Waals surface area contributed by atoms with Crippen LogP contribution in [0.4, 0.5) is 0 Å². The number of amides is 1. The molecule has 7 nitrogen and oxygen atoms in total. The first-order chi connectivity index (χ1) is 11.7. The standard InChI is InChI=1S/C17H21N5O2/c1-18-17(23)13-4-2-12(3-5-13)9-21-7-6-16-15(10-21)22-14(11-24-16)8-19-20-22/h2-5,8,15-16H,6-7,9-11H2,1H3,(H,18,23)/t15-,16+/m0/s1. The van der Waals surface area contributed by atoms with Gasteiger partial charge in [-0.3, -0.25) is 9.69 Å². The van der Waals surface area contributed by atoms with Gasteiger partial charge in [-0.15, -0.1) is 5.10 Å². The normalized spacial score (nSPS) is 23.4. The molecule has 1 saturated heterocycles. The maximum absolute atomic E-state index is 11.6. The molecule has 1 aromatic carbocycles. The Labute approximate surface area is 140 Å². The first-order valence-electron chi connectivity index (χ1n) is 8.28. The Morgan fingerprint density at radius 3 is 3.00 bits per heavy atom. The molecule has 7 heteroatoms. The maximum atomic E-state index is 11.6. The van der Waals surface area contributed by atoms with Gasteiger partial charge in [-0.2, -0.15) is 0 Å². The van der Waals surface area contributed by atoms with Crippen LogP contribution in [0.5, 0.6) is 0 Å². The monoisotopic (exact) mass is 327 g/mol. The molecule has 1 aromatic heterocycles. The minimum atomic E-state index is -0.0552. The number of likely N-dealkylation sites (tertiary alicyclic amines) is 1. The van der Waals surface area contributed by atoms with E-state index in [1.165, 1.54) is 5.56 Å². The Hall–Kier alpha value is -2.25. The molecule has 24 heavy (non-hydrogen) atoms. The van der Waals surface area contributed by atoms with Gasteiger partial charge >= 0.3 is 0 Å². The number of rotatable bonds is 3. The summed E-state index contributed by atoms with van der Waals surface area (Å²) >= 11 is 0. The fraction of sp³-hybridized carbons (Fsp3) is 0.471. The third kappa shape index (κ3) is 2.81. The lowest BCUT2D eigenvalue weighted by molar-refractivity contribution is -0.0669. The van der Waals surface area contributed by atoms with Gasteiger partial charge in [0.15, 0.2) is 0 Å². The number of carbonyl (C=O) groups is 1. The van der Waals surface area contributed by atoms with E-state index in [-0.39, 0.29) is 18.1 Å². The number of carbonyl (C=O) groups excluding carboxylic acids is 1. The maximum Gasteiger partial charge on any atom is 0.251 e. The quantitative estimate of drug-likeness (QED) is 0.910. The van der Waals surface area contributed by atoms with Crippen LogP contribution in [-0.2, 0) is 17.9 Å². The summed E-state index contributed by atoms with van der Waals surface area (Å²) in [7, 11) is 1.64. The van der Waals surface area contributed by atoms with Crippen LogP contribution in [0, 0.1) is 0 Å². The molecule has 4 rings (SSSR count). The zero-order valence-electron chi connectivity index (χ0n) is 13.7. The van der Waals surface area contributed by atoms with Gasteiger partial charge in [-0.1, -0.05) is 17.3 Å². The van der Waals surface area contributed by atoms with Gasteiger partial charge in [0, 0.05) is 32.2 Å². The molecule has 0 bridgehead atoms. The zero-order chi connectivity index (χ0) is 16.5. The van der Waals surface area contributed by atoms with Crippen LogP contribution in [0.2, 0.25) is 0 Å². The minimum absolute atomic E-state index is 0.0552.